The first-order valence-electron chi connectivity index (χ1n) is 13.5. The number of hydrogen-bond donors (Lipinski definition) is 4. The van der Waals surface area contributed by atoms with Crippen LogP contribution in [0, 0.1) is 0 Å². The van der Waals surface area contributed by atoms with Crippen molar-refractivity contribution in [2.45, 2.75) is 147 Å². The van der Waals surface area contributed by atoms with E-state index in [0.29, 0.717) is 32.1 Å². The van der Waals surface area contributed by atoms with Crippen LogP contribution in [0.3, 0.4) is 0 Å². The maximum atomic E-state index is 10.5. The van der Waals surface area contributed by atoms with E-state index in [-0.39, 0.29) is 12.5 Å². The Bertz CT molecular complexity index is 489. The van der Waals surface area contributed by atoms with Crippen LogP contribution in [0.1, 0.15) is 129 Å². The van der Waals surface area contributed by atoms with Crippen LogP contribution in [0.4, 0.5) is 0 Å². The fourth-order valence-corrected chi connectivity index (χ4v) is 3.91. The second kappa shape index (κ2) is 24.0. The third kappa shape index (κ3) is 25.3. The number of aliphatic hydroxyl groups excluding tert-OH is 3. The van der Waals surface area contributed by atoms with Gasteiger partial charge >= 0.3 is 5.97 Å². The zero-order valence-electron chi connectivity index (χ0n) is 21.2. The Morgan fingerprint density at radius 3 is 1.70 bits per heavy atom. The number of unbranched alkanes of at least 4 members (excludes halogenated alkanes) is 8. The Morgan fingerprint density at radius 1 is 0.606 bits per heavy atom. The summed E-state index contributed by atoms with van der Waals surface area (Å²) >= 11 is 0. The number of aliphatic carboxylic acids is 1. The SMILES string of the molecule is CCCCC/C=C\CCCC/C=C\CCC(O)CCCC(O)CC(O)CCCCCC(=O)O. The summed E-state index contributed by atoms with van der Waals surface area (Å²) in [4.78, 5) is 10.5. The van der Waals surface area contributed by atoms with Gasteiger partial charge in [0.25, 0.3) is 0 Å². The first-order valence-corrected chi connectivity index (χ1v) is 13.5. The van der Waals surface area contributed by atoms with E-state index < -0.39 is 18.2 Å². The molecule has 194 valence electrons. The van der Waals surface area contributed by atoms with Crippen molar-refractivity contribution in [1.29, 1.82) is 0 Å². The van der Waals surface area contributed by atoms with Crippen molar-refractivity contribution in [2.24, 2.45) is 0 Å². The van der Waals surface area contributed by atoms with Gasteiger partial charge in [-0.15, -0.1) is 0 Å². The van der Waals surface area contributed by atoms with Gasteiger partial charge in [0.05, 0.1) is 18.3 Å². The molecular weight excluding hydrogens is 416 g/mol. The van der Waals surface area contributed by atoms with Crippen LogP contribution in [0.2, 0.25) is 0 Å². The molecule has 0 radical (unpaired) electrons. The first kappa shape index (κ1) is 31.8. The monoisotopic (exact) mass is 468 g/mol. The molecule has 0 spiro atoms. The normalized spacial score (nSPS) is 14.8. The van der Waals surface area contributed by atoms with E-state index in [1.165, 1.54) is 44.9 Å². The van der Waals surface area contributed by atoms with E-state index in [1.54, 1.807) is 0 Å². The highest BCUT2D eigenvalue weighted by molar-refractivity contribution is 5.66. The summed E-state index contributed by atoms with van der Waals surface area (Å²) < 4.78 is 0. The van der Waals surface area contributed by atoms with Crippen LogP contribution in [-0.2, 0) is 4.79 Å². The Labute approximate surface area is 203 Å². The molecular formula is C28H52O5. The highest BCUT2D eigenvalue weighted by Gasteiger charge is 2.13. The van der Waals surface area contributed by atoms with Gasteiger partial charge in [0.2, 0.25) is 0 Å². The molecule has 3 atom stereocenters. The van der Waals surface area contributed by atoms with Crippen molar-refractivity contribution in [3.05, 3.63) is 24.3 Å². The zero-order chi connectivity index (χ0) is 24.6. The molecule has 0 aliphatic carbocycles. The highest BCUT2D eigenvalue weighted by Crippen LogP contribution is 2.15. The zero-order valence-corrected chi connectivity index (χ0v) is 21.2. The Balaban J connectivity index is 3.54. The Kier molecular flexibility index (Phi) is 23.1. The molecule has 0 aliphatic heterocycles. The smallest absolute Gasteiger partial charge is 0.303 e. The van der Waals surface area contributed by atoms with E-state index in [1.807, 2.05) is 0 Å². The van der Waals surface area contributed by atoms with E-state index in [9.17, 15) is 20.1 Å². The number of aliphatic hydroxyl groups is 3. The number of carboxylic acid groups (broad SMARTS) is 1. The lowest BCUT2D eigenvalue weighted by molar-refractivity contribution is -0.137. The van der Waals surface area contributed by atoms with Crippen LogP contribution in [0.25, 0.3) is 0 Å². The lowest BCUT2D eigenvalue weighted by Crippen LogP contribution is -2.18. The van der Waals surface area contributed by atoms with Gasteiger partial charge < -0.3 is 20.4 Å². The molecule has 0 aromatic rings. The molecule has 0 rings (SSSR count). The van der Waals surface area contributed by atoms with E-state index in [0.717, 1.165) is 38.5 Å². The third-order valence-corrected chi connectivity index (χ3v) is 6.01. The number of rotatable bonds is 24. The second-order valence-corrected chi connectivity index (χ2v) is 9.42. The summed E-state index contributed by atoms with van der Waals surface area (Å²) in [5.74, 6) is -0.781. The van der Waals surface area contributed by atoms with Crippen LogP contribution < -0.4 is 0 Å². The van der Waals surface area contributed by atoms with Crippen molar-refractivity contribution in [3.63, 3.8) is 0 Å². The minimum absolute atomic E-state index is 0.175. The summed E-state index contributed by atoms with van der Waals surface area (Å²) in [6, 6.07) is 0. The fraction of sp³-hybridized carbons (Fsp3) is 0.821. The molecule has 0 aromatic carbocycles. The second-order valence-electron chi connectivity index (χ2n) is 9.42. The molecule has 3 unspecified atom stereocenters. The molecule has 0 saturated carbocycles. The topological polar surface area (TPSA) is 98.0 Å². The molecule has 5 heteroatoms. The molecule has 0 aliphatic rings. The molecule has 5 nitrogen and oxygen atoms in total. The van der Waals surface area contributed by atoms with Crippen molar-refractivity contribution in [2.75, 3.05) is 0 Å². The number of hydrogen-bond acceptors (Lipinski definition) is 4. The van der Waals surface area contributed by atoms with Crippen molar-refractivity contribution in [3.8, 4) is 0 Å². The number of allylic oxidation sites excluding steroid dienone is 4. The molecule has 0 amide bonds. The van der Waals surface area contributed by atoms with Gasteiger partial charge in [0, 0.05) is 6.42 Å². The predicted octanol–water partition coefficient (Wildman–Crippen LogP) is 6.70. The molecule has 33 heavy (non-hydrogen) atoms. The van der Waals surface area contributed by atoms with Crippen molar-refractivity contribution >= 4 is 5.97 Å². The average molecular weight is 469 g/mol. The van der Waals surface area contributed by atoms with Crippen LogP contribution in [0.5, 0.6) is 0 Å². The van der Waals surface area contributed by atoms with Gasteiger partial charge in [0.1, 0.15) is 0 Å². The lowest BCUT2D eigenvalue weighted by Gasteiger charge is -2.16. The molecule has 0 aromatic heterocycles. The molecule has 4 N–H and O–H groups in total. The standard InChI is InChI=1S/C28H52O5/c1-2-3-4-5-6-7-8-9-10-11-12-13-15-19-25(29)21-18-22-27(31)24-26(30)20-16-14-17-23-28(32)33/h6-7,12-13,25-27,29-31H,2-5,8-11,14-24H2,1H3,(H,32,33)/b7-6-,13-12-. The predicted molar refractivity (Wildman–Crippen MR) is 137 cm³/mol. The molecule has 0 fully saturated rings. The fourth-order valence-electron chi connectivity index (χ4n) is 3.91. The summed E-state index contributed by atoms with van der Waals surface area (Å²) in [6.07, 6.45) is 24.5. The van der Waals surface area contributed by atoms with E-state index in [4.69, 9.17) is 5.11 Å². The first-order chi connectivity index (χ1) is 16.0. The molecule has 0 saturated heterocycles. The van der Waals surface area contributed by atoms with Gasteiger partial charge in [-0.1, -0.05) is 56.9 Å². The minimum Gasteiger partial charge on any atom is -0.481 e. The summed E-state index contributed by atoms with van der Waals surface area (Å²) in [5, 5.41) is 38.8. The Morgan fingerprint density at radius 2 is 1.12 bits per heavy atom. The Hall–Kier alpha value is -1.17. The number of carboxylic acids is 1. The summed E-state index contributed by atoms with van der Waals surface area (Å²) in [5.41, 5.74) is 0. The minimum atomic E-state index is -0.781. The maximum Gasteiger partial charge on any atom is 0.303 e. The average Bonchev–Trinajstić information content (AvgIpc) is 2.76. The van der Waals surface area contributed by atoms with Gasteiger partial charge in [0.15, 0.2) is 0 Å². The van der Waals surface area contributed by atoms with Crippen molar-refractivity contribution in [1.82, 2.24) is 0 Å². The van der Waals surface area contributed by atoms with Gasteiger partial charge in [-0.25, -0.2) is 0 Å². The van der Waals surface area contributed by atoms with E-state index in [2.05, 4.69) is 31.2 Å². The third-order valence-electron chi connectivity index (χ3n) is 6.01. The largest absolute Gasteiger partial charge is 0.481 e. The number of carbonyl (C=O) groups is 1. The molecule has 0 bridgehead atoms. The van der Waals surface area contributed by atoms with E-state index >= 15 is 0 Å². The quantitative estimate of drug-likeness (QED) is 0.0933. The summed E-state index contributed by atoms with van der Waals surface area (Å²) in [7, 11) is 0. The van der Waals surface area contributed by atoms with Crippen LogP contribution in [0.15, 0.2) is 24.3 Å². The summed E-state index contributed by atoms with van der Waals surface area (Å²) in [6.45, 7) is 2.23. The van der Waals surface area contributed by atoms with Gasteiger partial charge in [-0.05, 0) is 89.9 Å². The van der Waals surface area contributed by atoms with Gasteiger partial charge in [-0.3, -0.25) is 4.79 Å². The molecule has 0 heterocycles. The lowest BCUT2D eigenvalue weighted by atomic mass is 9.99. The van der Waals surface area contributed by atoms with Gasteiger partial charge in [-0.2, -0.15) is 0 Å². The maximum absolute atomic E-state index is 10.5. The highest BCUT2D eigenvalue weighted by atomic mass is 16.4. The van der Waals surface area contributed by atoms with Crippen LogP contribution >= 0.6 is 0 Å². The van der Waals surface area contributed by atoms with Crippen molar-refractivity contribution < 1.29 is 25.2 Å². The van der Waals surface area contributed by atoms with Crippen LogP contribution in [-0.4, -0.2) is 44.7 Å².